The molecule has 3 nitrogen and oxygen atoms in total. The number of anilines is 1. The van der Waals surface area contributed by atoms with E-state index in [0.29, 0.717) is 18.2 Å². The Hall–Kier alpha value is -2.43. The Kier molecular flexibility index (Phi) is 6.80. The number of aromatic nitrogens is 1. The van der Waals surface area contributed by atoms with Gasteiger partial charge in [-0.1, -0.05) is 61.0 Å². The van der Waals surface area contributed by atoms with Crippen molar-refractivity contribution in [2.75, 3.05) is 5.32 Å². The predicted molar refractivity (Wildman–Crippen MR) is 117 cm³/mol. The van der Waals surface area contributed by atoms with E-state index in [9.17, 15) is 0 Å². The summed E-state index contributed by atoms with van der Waals surface area (Å²) in [6.45, 7) is 3.35. The Morgan fingerprint density at radius 2 is 1.67 bits per heavy atom. The van der Waals surface area contributed by atoms with Crippen LogP contribution < -0.4 is 5.32 Å². The molecule has 138 valence electrons. The molecule has 5 heteroatoms. The highest BCUT2D eigenvalue weighted by Crippen LogP contribution is 2.21. The van der Waals surface area contributed by atoms with Gasteiger partial charge in [-0.2, -0.15) is 0 Å². The van der Waals surface area contributed by atoms with E-state index < -0.39 is 0 Å². The van der Waals surface area contributed by atoms with Crippen molar-refractivity contribution < 1.29 is 0 Å². The molecule has 0 spiro atoms. The van der Waals surface area contributed by atoms with Crippen LogP contribution in [0.2, 0.25) is 5.02 Å². The van der Waals surface area contributed by atoms with Gasteiger partial charge < -0.3 is 10.2 Å². The highest BCUT2D eigenvalue weighted by atomic mass is 35.5. The van der Waals surface area contributed by atoms with Gasteiger partial charge in [-0.3, -0.25) is 4.98 Å². The van der Waals surface area contributed by atoms with E-state index in [1.54, 1.807) is 6.20 Å². The summed E-state index contributed by atoms with van der Waals surface area (Å²) in [5.41, 5.74) is 4.26. The number of thiocarbonyl (C=S) groups is 1. The molecule has 1 N–H and O–H groups in total. The topological polar surface area (TPSA) is 28.2 Å². The first-order valence-corrected chi connectivity index (χ1v) is 9.73. The molecule has 0 aliphatic heterocycles. The molecule has 0 unspecified atom stereocenters. The average Bonchev–Trinajstić information content (AvgIpc) is 2.70. The summed E-state index contributed by atoms with van der Waals surface area (Å²) in [4.78, 5) is 6.53. The van der Waals surface area contributed by atoms with Gasteiger partial charge in [0.05, 0.1) is 12.2 Å². The summed E-state index contributed by atoms with van der Waals surface area (Å²) in [5.74, 6) is 0. The van der Waals surface area contributed by atoms with Crippen molar-refractivity contribution in [3.8, 4) is 0 Å². The van der Waals surface area contributed by atoms with E-state index in [1.165, 1.54) is 5.56 Å². The molecule has 3 rings (SSSR count). The quantitative estimate of drug-likeness (QED) is 0.542. The lowest BCUT2D eigenvalue weighted by molar-refractivity contribution is 0.407. The minimum Gasteiger partial charge on any atom is -0.339 e. The van der Waals surface area contributed by atoms with Crippen LogP contribution in [-0.4, -0.2) is 15.0 Å². The number of nitrogens with zero attached hydrogens (tertiary/aromatic N) is 2. The largest absolute Gasteiger partial charge is 0.339 e. The van der Waals surface area contributed by atoms with Gasteiger partial charge in [0.25, 0.3) is 0 Å². The molecule has 1 heterocycles. The minimum atomic E-state index is 0.603. The van der Waals surface area contributed by atoms with E-state index in [1.807, 2.05) is 54.6 Å². The number of nitrogens with one attached hydrogen (secondary N) is 1. The molecule has 27 heavy (non-hydrogen) atoms. The van der Waals surface area contributed by atoms with Crippen LogP contribution in [-0.2, 0) is 19.5 Å². The van der Waals surface area contributed by atoms with Gasteiger partial charge >= 0.3 is 0 Å². The van der Waals surface area contributed by atoms with E-state index >= 15 is 0 Å². The van der Waals surface area contributed by atoms with Crippen LogP contribution in [0.5, 0.6) is 0 Å². The van der Waals surface area contributed by atoms with Crippen molar-refractivity contribution in [3.63, 3.8) is 0 Å². The standard InChI is InChI=1S/C22H22ClN3S/c1-2-17-9-4-6-13-21(17)25-22(27)26(16-19-11-7-8-14-24-19)15-18-10-3-5-12-20(18)23/h3-14H,2,15-16H2,1H3,(H,25,27). The molecule has 0 bridgehead atoms. The molecule has 0 aliphatic carbocycles. The summed E-state index contributed by atoms with van der Waals surface area (Å²) in [7, 11) is 0. The minimum absolute atomic E-state index is 0.603. The molecule has 0 atom stereocenters. The summed E-state index contributed by atoms with van der Waals surface area (Å²) < 4.78 is 0. The van der Waals surface area contributed by atoms with Gasteiger partial charge in [-0.25, -0.2) is 0 Å². The van der Waals surface area contributed by atoms with Crippen LogP contribution >= 0.6 is 23.8 Å². The van der Waals surface area contributed by atoms with Crippen LogP contribution in [0.1, 0.15) is 23.7 Å². The summed E-state index contributed by atoms with van der Waals surface area (Å²) in [6.07, 6.45) is 2.74. The van der Waals surface area contributed by atoms with E-state index in [-0.39, 0.29) is 0 Å². The lowest BCUT2D eigenvalue weighted by Gasteiger charge is -2.27. The fourth-order valence-electron chi connectivity index (χ4n) is 2.86. The molecule has 0 aliphatic rings. The highest BCUT2D eigenvalue weighted by Gasteiger charge is 2.14. The molecular formula is C22H22ClN3S. The number of hydrogen-bond acceptors (Lipinski definition) is 2. The summed E-state index contributed by atoms with van der Waals surface area (Å²) in [5, 5.41) is 4.80. The monoisotopic (exact) mass is 395 g/mol. The lowest BCUT2D eigenvalue weighted by atomic mass is 10.1. The summed E-state index contributed by atoms with van der Waals surface area (Å²) in [6, 6.07) is 22.0. The Balaban J connectivity index is 1.84. The highest BCUT2D eigenvalue weighted by molar-refractivity contribution is 7.80. The van der Waals surface area contributed by atoms with Gasteiger partial charge in [0.2, 0.25) is 0 Å². The molecule has 0 saturated carbocycles. The number of pyridine rings is 1. The van der Waals surface area contributed by atoms with Crippen LogP contribution in [0.4, 0.5) is 5.69 Å². The van der Waals surface area contributed by atoms with Crippen LogP contribution in [0.15, 0.2) is 72.9 Å². The molecule has 0 fully saturated rings. The van der Waals surface area contributed by atoms with Crippen molar-refractivity contribution in [1.29, 1.82) is 0 Å². The van der Waals surface area contributed by atoms with Crippen molar-refractivity contribution in [2.45, 2.75) is 26.4 Å². The third-order valence-electron chi connectivity index (χ3n) is 4.33. The van der Waals surface area contributed by atoms with Gasteiger partial charge in [-0.15, -0.1) is 0 Å². The fourth-order valence-corrected chi connectivity index (χ4v) is 3.30. The van der Waals surface area contributed by atoms with Crippen LogP contribution in [0.25, 0.3) is 0 Å². The van der Waals surface area contributed by atoms with E-state index in [0.717, 1.165) is 28.4 Å². The van der Waals surface area contributed by atoms with Crippen LogP contribution in [0, 0.1) is 0 Å². The van der Waals surface area contributed by atoms with Crippen molar-refractivity contribution in [3.05, 3.63) is 94.8 Å². The van der Waals surface area contributed by atoms with Crippen LogP contribution in [0.3, 0.4) is 0 Å². The summed E-state index contributed by atoms with van der Waals surface area (Å²) >= 11 is 12.1. The van der Waals surface area contributed by atoms with Crippen molar-refractivity contribution >= 4 is 34.6 Å². The normalized spacial score (nSPS) is 10.4. The Bertz CT molecular complexity index is 899. The SMILES string of the molecule is CCc1ccccc1NC(=S)N(Cc1ccccn1)Cc1ccccc1Cl. The second-order valence-corrected chi connectivity index (χ2v) is 7.00. The van der Waals surface area contributed by atoms with Gasteiger partial charge in [0, 0.05) is 23.5 Å². The third-order valence-corrected chi connectivity index (χ3v) is 5.05. The second kappa shape index (κ2) is 9.49. The number of aryl methyl sites for hydroxylation is 1. The number of hydrogen-bond donors (Lipinski definition) is 1. The maximum atomic E-state index is 6.38. The number of benzene rings is 2. The van der Waals surface area contributed by atoms with Gasteiger partial charge in [-0.05, 0) is 54.0 Å². The second-order valence-electron chi connectivity index (χ2n) is 6.21. The maximum Gasteiger partial charge on any atom is 0.174 e. The van der Waals surface area contributed by atoms with Crippen molar-refractivity contribution in [2.24, 2.45) is 0 Å². The molecule has 0 amide bonds. The molecule has 1 aromatic heterocycles. The molecule has 0 radical (unpaired) electrons. The smallest absolute Gasteiger partial charge is 0.174 e. The van der Waals surface area contributed by atoms with E-state index in [4.69, 9.17) is 23.8 Å². The average molecular weight is 396 g/mol. The first-order chi connectivity index (χ1) is 13.2. The number of halogens is 1. The Morgan fingerprint density at radius 3 is 2.37 bits per heavy atom. The Labute approximate surface area is 171 Å². The third kappa shape index (κ3) is 5.28. The molecule has 0 saturated heterocycles. The zero-order valence-electron chi connectivity index (χ0n) is 15.2. The van der Waals surface area contributed by atoms with E-state index in [2.05, 4.69) is 34.3 Å². The van der Waals surface area contributed by atoms with Gasteiger partial charge in [0.15, 0.2) is 5.11 Å². The Morgan fingerprint density at radius 1 is 0.963 bits per heavy atom. The molecule has 3 aromatic rings. The lowest BCUT2D eigenvalue weighted by Crippen LogP contribution is -2.34. The maximum absolute atomic E-state index is 6.38. The first kappa shape index (κ1) is 19.3. The fraction of sp³-hybridized carbons (Fsp3) is 0.182. The molecular weight excluding hydrogens is 374 g/mol. The zero-order valence-corrected chi connectivity index (χ0v) is 16.8. The zero-order chi connectivity index (χ0) is 19.1. The predicted octanol–water partition coefficient (Wildman–Crippen LogP) is 5.70. The number of rotatable bonds is 6. The first-order valence-electron chi connectivity index (χ1n) is 8.94. The van der Waals surface area contributed by atoms with Crippen molar-refractivity contribution in [1.82, 2.24) is 9.88 Å². The van der Waals surface area contributed by atoms with Gasteiger partial charge in [0.1, 0.15) is 0 Å². The number of para-hydroxylation sites is 1. The molecule has 2 aromatic carbocycles.